The minimum Gasteiger partial charge on any atom is -0.465 e. The summed E-state index contributed by atoms with van der Waals surface area (Å²) in [5, 5.41) is 0. The summed E-state index contributed by atoms with van der Waals surface area (Å²) < 4.78 is 4.71. The van der Waals surface area contributed by atoms with Crippen molar-refractivity contribution in [3.63, 3.8) is 0 Å². The van der Waals surface area contributed by atoms with Crippen LogP contribution >= 0.6 is 0 Å². The third kappa shape index (κ3) is 3.25. The Morgan fingerprint density at radius 1 is 1.10 bits per heavy atom. The van der Waals surface area contributed by atoms with Gasteiger partial charge in [0.1, 0.15) is 0 Å². The van der Waals surface area contributed by atoms with Crippen LogP contribution in [0, 0.1) is 0 Å². The molecule has 0 aliphatic carbocycles. The highest BCUT2D eigenvalue weighted by atomic mass is 16.5. The van der Waals surface area contributed by atoms with E-state index < -0.39 is 0 Å². The SMILES string of the molecule is COC(=O)c1ccc(-c2ccccc2CCCN)cc1. The maximum Gasteiger partial charge on any atom is 0.337 e. The molecule has 0 saturated carbocycles. The van der Waals surface area contributed by atoms with Gasteiger partial charge >= 0.3 is 5.97 Å². The van der Waals surface area contributed by atoms with Gasteiger partial charge < -0.3 is 10.5 Å². The predicted octanol–water partition coefficient (Wildman–Crippen LogP) is 3.03. The first kappa shape index (κ1) is 14.3. The van der Waals surface area contributed by atoms with Crippen LogP contribution in [0.15, 0.2) is 48.5 Å². The summed E-state index contributed by atoms with van der Waals surface area (Å²) in [6.45, 7) is 0.690. The van der Waals surface area contributed by atoms with Crippen molar-refractivity contribution >= 4 is 5.97 Å². The summed E-state index contributed by atoms with van der Waals surface area (Å²) in [5.74, 6) is -0.312. The maximum atomic E-state index is 11.4. The number of carbonyl (C=O) groups is 1. The first-order valence-corrected chi connectivity index (χ1v) is 6.73. The van der Waals surface area contributed by atoms with Crippen LogP contribution in [0.4, 0.5) is 0 Å². The fraction of sp³-hybridized carbons (Fsp3) is 0.235. The standard InChI is InChI=1S/C17H19NO2/c1-20-17(19)15-10-8-14(9-11-15)16-7-3-2-5-13(16)6-4-12-18/h2-3,5,7-11H,4,6,12,18H2,1H3. The molecule has 0 unspecified atom stereocenters. The van der Waals surface area contributed by atoms with Gasteiger partial charge in [-0.3, -0.25) is 0 Å². The van der Waals surface area contributed by atoms with E-state index in [1.165, 1.54) is 18.2 Å². The molecule has 0 spiro atoms. The summed E-state index contributed by atoms with van der Waals surface area (Å²) in [4.78, 5) is 11.4. The molecule has 0 aliphatic rings. The van der Waals surface area contributed by atoms with Crippen LogP contribution in [0.5, 0.6) is 0 Å². The lowest BCUT2D eigenvalue weighted by molar-refractivity contribution is 0.0601. The Kier molecular flexibility index (Phi) is 4.91. The van der Waals surface area contributed by atoms with Crippen LogP contribution < -0.4 is 5.73 Å². The molecule has 0 amide bonds. The summed E-state index contributed by atoms with van der Waals surface area (Å²) in [6.07, 6.45) is 1.93. The van der Waals surface area contributed by atoms with Gasteiger partial charge in [-0.25, -0.2) is 4.79 Å². The van der Waals surface area contributed by atoms with Crippen LogP contribution in [0.2, 0.25) is 0 Å². The number of benzene rings is 2. The fourth-order valence-electron chi connectivity index (χ4n) is 2.22. The summed E-state index contributed by atoms with van der Waals surface area (Å²) >= 11 is 0. The lowest BCUT2D eigenvalue weighted by atomic mass is 9.96. The summed E-state index contributed by atoms with van der Waals surface area (Å²) in [7, 11) is 1.39. The molecule has 0 bridgehead atoms. The Labute approximate surface area is 119 Å². The van der Waals surface area contributed by atoms with E-state index in [-0.39, 0.29) is 5.97 Å². The van der Waals surface area contributed by atoms with Crippen molar-refractivity contribution in [1.29, 1.82) is 0 Å². The molecule has 0 aromatic heterocycles. The second kappa shape index (κ2) is 6.87. The molecule has 0 aliphatic heterocycles. The number of aryl methyl sites for hydroxylation is 1. The predicted molar refractivity (Wildman–Crippen MR) is 80.6 cm³/mol. The molecule has 0 heterocycles. The minimum absolute atomic E-state index is 0.312. The normalized spacial score (nSPS) is 10.3. The smallest absolute Gasteiger partial charge is 0.337 e. The van der Waals surface area contributed by atoms with Crippen LogP contribution in [-0.4, -0.2) is 19.6 Å². The van der Waals surface area contributed by atoms with E-state index in [2.05, 4.69) is 12.1 Å². The van der Waals surface area contributed by atoms with Crippen molar-refractivity contribution in [2.45, 2.75) is 12.8 Å². The number of methoxy groups -OCH3 is 1. The van der Waals surface area contributed by atoms with E-state index in [1.54, 1.807) is 12.1 Å². The summed E-state index contributed by atoms with van der Waals surface area (Å²) in [5.41, 5.74) is 9.72. The molecule has 3 nitrogen and oxygen atoms in total. The minimum atomic E-state index is -0.312. The molecule has 3 heteroatoms. The Balaban J connectivity index is 2.29. The van der Waals surface area contributed by atoms with E-state index in [0.717, 1.165) is 18.4 Å². The van der Waals surface area contributed by atoms with Crippen LogP contribution in [0.1, 0.15) is 22.3 Å². The average molecular weight is 269 g/mol. The van der Waals surface area contributed by atoms with Gasteiger partial charge in [0.25, 0.3) is 0 Å². The second-order valence-corrected chi connectivity index (χ2v) is 4.62. The Morgan fingerprint density at radius 2 is 1.80 bits per heavy atom. The Hall–Kier alpha value is -2.13. The zero-order chi connectivity index (χ0) is 14.4. The van der Waals surface area contributed by atoms with Crippen molar-refractivity contribution in [3.05, 3.63) is 59.7 Å². The topological polar surface area (TPSA) is 52.3 Å². The highest BCUT2D eigenvalue weighted by Crippen LogP contribution is 2.25. The average Bonchev–Trinajstić information content (AvgIpc) is 2.52. The van der Waals surface area contributed by atoms with E-state index in [4.69, 9.17) is 10.5 Å². The molecule has 0 atom stereocenters. The Morgan fingerprint density at radius 3 is 2.45 bits per heavy atom. The number of esters is 1. The van der Waals surface area contributed by atoms with Gasteiger partial charge in [0.05, 0.1) is 12.7 Å². The van der Waals surface area contributed by atoms with Crippen molar-refractivity contribution in [2.24, 2.45) is 5.73 Å². The van der Waals surface area contributed by atoms with Gasteiger partial charge in [-0.05, 0) is 48.2 Å². The van der Waals surface area contributed by atoms with Crippen LogP contribution in [0.3, 0.4) is 0 Å². The second-order valence-electron chi connectivity index (χ2n) is 4.62. The zero-order valence-electron chi connectivity index (χ0n) is 11.6. The molecule has 0 saturated heterocycles. The lowest BCUT2D eigenvalue weighted by Crippen LogP contribution is -2.02. The maximum absolute atomic E-state index is 11.4. The molecular formula is C17H19NO2. The number of hydrogen-bond acceptors (Lipinski definition) is 3. The van der Waals surface area contributed by atoms with Crippen LogP contribution in [0.25, 0.3) is 11.1 Å². The van der Waals surface area contributed by atoms with Gasteiger partial charge in [-0.2, -0.15) is 0 Å². The van der Waals surface area contributed by atoms with Gasteiger partial charge in [-0.1, -0.05) is 36.4 Å². The monoisotopic (exact) mass is 269 g/mol. The number of ether oxygens (including phenoxy) is 1. The molecule has 0 fully saturated rings. The third-order valence-corrected chi connectivity index (χ3v) is 3.28. The lowest BCUT2D eigenvalue weighted by Gasteiger charge is -2.10. The number of nitrogens with two attached hydrogens (primary N) is 1. The molecular weight excluding hydrogens is 250 g/mol. The van der Waals surface area contributed by atoms with Gasteiger partial charge in [-0.15, -0.1) is 0 Å². The van der Waals surface area contributed by atoms with Gasteiger partial charge in [0, 0.05) is 0 Å². The number of rotatable bonds is 5. The molecule has 2 aromatic rings. The number of carbonyl (C=O) groups excluding carboxylic acids is 1. The van der Waals surface area contributed by atoms with Crippen molar-refractivity contribution in [1.82, 2.24) is 0 Å². The van der Waals surface area contributed by atoms with E-state index in [1.807, 2.05) is 24.3 Å². The number of hydrogen-bond donors (Lipinski definition) is 1. The van der Waals surface area contributed by atoms with Gasteiger partial charge in [0.2, 0.25) is 0 Å². The van der Waals surface area contributed by atoms with Crippen molar-refractivity contribution < 1.29 is 9.53 Å². The van der Waals surface area contributed by atoms with E-state index in [0.29, 0.717) is 12.1 Å². The first-order valence-electron chi connectivity index (χ1n) is 6.73. The Bertz CT molecular complexity index is 576. The van der Waals surface area contributed by atoms with Crippen LogP contribution in [-0.2, 0) is 11.2 Å². The van der Waals surface area contributed by atoms with E-state index >= 15 is 0 Å². The molecule has 20 heavy (non-hydrogen) atoms. The zero-order valence-corrected chi connectivity index (χ0v) is 11.6. The van der Waals surface area contributed by atoms with Gasteiger partial charge in [0.15, 0.2) is 0 Å². The largest absolute Gasteiger partial charge is 0.465 e. The molecule has 2 aromatic carbocycles. The quantitative estimate of drug-likeness (QED) is 0.849. The first-order chi connectivity index (χ1) is 9.76. The molecule has 2 rings (SSSR count). The fourth-order valence-corrected chi connectivity index (χ4v) is 2.22. The highest BCUT2D eigenvalue weighted by Gasteiger charge is 2.07. The third-order valence-electron chi connectivity index (χ3n) is 3.28. The molecule has 104 valence electrons. The van der Waals surface area contributed by atoms with E-state index in [9.17, 15) is 4.79 Å². The molecule has 0 radical (unpaired) electrons. The highest BCUT2D eigenvalue weighted by molar-refractivity contribution is 5.90. The van der Waals surface area contributed by atoms with Crippen molar-refractivity contribution in [3.8, 4) is 11.1 Å². The summed E-state index contributed by atoms with van der Waals surface area (Å²) in [6, 6.07) is 15.8. The molecule has 2 N–H and O–H groups in total. The van der Waals surface area contributed by atoms with Crippen molar-refractivity contribution in [2.75, 3.05) is 13.7 Å².